The molecule has 0 amide bonds. The first kappa shape index (κ1) is 15.7. The van der Waals surface area contributed by atoms with Gasteiger partial charge in [0.1, 0.15) is 10.6 Å². The van der Waals surface area contributed by atoms with Gasteiger partial charge in [-0.1, -0.05) is 6.92 Å². The number of aromatic carboxylic acids is 1. The minimum absolute atomic E-state index is 0.0164. The standard InChI is InChI=1S/C12H14N2O5S2/c1-3-8-5-13-11(19-8)6-14-21(17,18)10-4-9(12(15)16)20-7(10)2/h4-5,14H,3,6H2,1-2H3,(H,15,16). The van der Waals surface area contributed by atoms with Crippen molar-refractivity contribution in [2.75, 3.05) is 0 Å². The van der Waals surface area contributed by atoms with E-state index in [4.69, 9.17) is 9.52 Å². The monoisotopic (exact) mass is 330 g/mol. The maximum atomic E-state index is 12.2. The van der Waals surface area contributed by atoms with Crippen LogP contribution in [-0.4, -0.2) is 24.5 Å². The van der Waals surface area contributed by atoms with Crippen LogP contribution in [0.5, 0.6) is 0 Å². The molecule has 0 atom stereocenters. The third-order valence-electron chi connectivity index (χ3n) is 2.74. The van der Waals surface area contributed by atoms with Crippen LogP contribution in [0, 0.1) is 6.92 Å². The summed E-state index contributed by atoms with van der Waals surface area (Å²) in [6.07, 6.45) is 2.22. The van der Waals surface area contributed by atoms with Crippen LogP contribution in [0.25, 0.3) is 0 Å². The lowest BCUT2D eigenvalue weighted by Crippen LogP contribution is -2.23. The van der Waals surface area contributed by atoms with Crippen molar-refractivity contribution in [3.8, 4) is 0 Å². The van der Waals surface area contributed by atoms with E-state index in [9.17, 15) is 13.2 Å². The van der Waals surface area contributed by atoms with Gasteiger partial charge >= 0.3 is 5.97 Å². The second kappa shape index (κ2) is 5.96. The molecule has 7 nitrogen and oxygen atoms in total. The molecule has 2 rings (SSSR count). The number of sulfonamides is 1. The van der Waals surface area contributed by atoms with Crippen LogP contribution in [0.4, 0.5) is 0 Å². The molecule has 0 aromatic carbocycles. The van der Waals surface area contributed by atoms with Crippen LogP contribution < -0.4 is 4.72 Å². The molecule has 0 unspecified atom stereocenters. The fraction of sp³-hybridized carbons (Fsp3) is 0.333. The molecule has 114 valence electrons. The molecule has 0 saturated carbocycles. The van der Waals surface area contributed by atoms with Crippen molar-refractivity contribution in [2.24, 2.45) is 0 Å². The normalized spacial score (nSPS) is 11.7. The number of rotatable bonds is 6. The summed E-state index contributed by atoms with van der Waals surface area (Å²) in [5.74, 6) is -0.212. The molecule has 2 heterocycles. The van der Waals surface area contributed by atoms with Crippen molar-refractivity contribution in [1.82, 2.24) is 9.71 Å². The minimum atomic E-state index is -3.80. The van der Waals surface area contributed by atoms with Crippen molar-refractivity contribution < 1.29 is 22.7 Å². The highest BCUT2D eigenvalue weighted by Gasteiger charge is 2.22. The number of hydrogen-bond donors (Lipinski definition) is 2. The molecule has 0 aliphatic rings. The van der Waals surface area contributed by atoms with E-state index in [0.29, 0.717) is 17.1 Å². The molecule has 2 aromatic heterocycles. The Hall–Kier alpha value is -1.71. The van der Waals surface area contributed by atoms with Gasteiger partial charge in [0, 0.05) is 11.3 Å². The largest absolute Gasteiger partial charge is 0.477 e. The molecule has 0 radical (unpaired) electrons. The summed E-state index contributed by atoms with van der Waals surface area (Å²) in [6, 6.07) is 1.15. The van der Waals surface area contributed by atoms with E-state index < -0.39 is 16.0 Å². The Balaban J connectivity index is 2.16. The summed E-state index contributed by atoms with van der Waals surface area (Å²) in [4.78, 5) is 15.2. The Morgan fingerprint density at radius 2 is 2.24 bits per heavy atom. The minimum Gasteiger partial charge on any atom is -0.477 e. The lowest BCUT2D eigenvalue weighted by atomic mass is 10.4. The first-order valence-electron chi connectivity index (χ1n) is 6.10. The topological polar surface area (TPSA) is 110 Å². The van der Waals surface area contributed by atoms with Gasteiger partial charge in [0.15, 0.2) is 0 Å². The molecule has 2 aromatic rings. The SMILES string of the molecule is CCc1cnc(CNS(=O)(=O)c2cc(C(=O)O)sc2C)o1. The second-order valence-electron chi connectivity index (χ2n) is 4.23. The predicted octanol–water partition coefficient (Wildman–Crippen LogP) is 1.78. The van der Waals surface area contributed by atoms with Crippen molar-refractivity contribution in [1.29, 1.82) is 0 Å². The van der Waals surface area contributed by atoms with Gasteiger partial charge in [0.2, 0.25) is 15.9 Å². The van der Waals surface area contributed by atoms with Crippen molar-refractivity contribution in [2.45, 2.75) is 31.7 Å². The highest BCUT2D eigenvalue weighted by Crippen LogP contribution is 2.25. The van der Waals surface area contributed by atoms with E-state index >= 15 is 0 Å². The van der Waals surface area contributed by atoms with Crippen LogP contribution in [0.2, 0.25) is 0 Å². The second-order valence-corrected chi connectivity index (χ2v) is 7.23. The summed E-state index contributed by atoms with van der Waals surface area (Å²) in [5, 5.41) is 8.90. The molecule has 0 saturated heterocycles. The summed E-state index contributed by atoms with van der Waals surface area (Å²) < 4.78 is 32.0. The average Bonchev–Trinajstić information content (AvgIpc) is 3.03. The zero-order valence-electron chi connectivity index (χ0n) is 11.4. The highest BCUT2D eigenvalue weighted by atomic mass is 32.2. The molecular formula is C12H14N2O5S2. The van der Waals surface area contributed by atoms with Crippen molar-refractivity contribution >= 4 is 27.3 Å². The smallest absolute Gasteiger partial charge is 0.345 e. The van der Waals surface area contributed by atoms with Gasteiger partial charge in [-0.15, -0.1) is 11.3 Å². The van der Waals surface area contributed by atoms with E-state index in [1.807, 2.05) is 6.92 Å². The molecule has 21 heavy (non-hydrogen) atoms. The number of hydrogen-bond acceptors (Lipinski definition) is 6. The predicted molar refractivity (Wildman–Crippen MR) is 75.9 cm³/mol. The number of nitrogens with zero attached hydrogens (tertiary/aromatic N) is 1. The Morgan fingerprint density at radius 3 is 2.76 bits per heavy atom. The number of oxazole rings is 1. The van der Waals surface area contributed by atoms with Crippen LogP contribution in [0.15, 0.2) is 21.6 Å². The Bertz CT molecular complexity index is 760. The number of carboxylic acids is 1. The van der Waals surface area contributed by atoms with Crippen LogP contribution >= 0.6 is 11.3 Å². The van der Waals surface area contributed by atoms with Crippen molar-refractivity contribution in [3.63, 3.8) is 0 Å². The number of aryl methyl sites for hydroxylation is 2. The van der Waals surface area contributed by atoms with Gasteiger partial charge in [-0.2, -0.15) is 0 Å². The van der Waals surface area contributed by atoms with Gasteiger partial charge in [-0.25, -0.2) is 22.9 Å². The van der Waals surface area contributed by atoms with Crippen LogP contribution in [0.3, 0.4) is 0 Å². The third kappa shape index (κ3) is 3.49. The fourth-order valence-corrected chi connectivity index (χ4v) is 4.07. The highest BCUT2D eigenvalue weighted by molar-refractivity contribution is 7.89. The zero-order chi connectivity index (χ0) is 15.6. The van der Waals surface area contributed by atoms with E-state index in [-0.39, 0.29) is 22.2 Å². The molecule has 0 fully saturated rings. The summed E-state index contributed by atoms with van der Waals surface area (Å²) in [6.45, 7) is 3.38. The number of aromatic nitrogens is 1. The quantitative estimate of drug-likeness (QED) is 0.835. The summed E-state index contributed by atoms with van der Waals surface area (Å²) >= 11 is 0.921. The first-order chi connectivity index (χ1) is 9.83. The van der Waals surface area contributed by atoms with Gasteiger partial charge in [0.05, 0.1) is 17.6 Å². The molecular weight excluding hydrogens is 316 g/mol. The maximum Gasteiger partial charge on any atom is 0.345 e. The number of thiophene rings is 1. The third-order valence-corrected chi connectivity index (χ3v) is 5.43. The van der Waals surface area contributed by atoms with E-state index in [1.54, 1.807) is 13.1 Å². The Morgan fingerprint density at radius 1 is 1.52 bits per heavy atom. The van der Waals surface area contributed by atoms with Crippen LogP contribution in [-0.2, 0) is 23.0 Å². The Kier molecular flexibility index (Phi) is 4.45. The first-order valence-corrected chi connectivity index (χ1v) is 8.40. The number of nitrogens with one attached hydrogen (secondary N) is 1. The number of carboxylic acid groups (broad SMARTS) is 1. The van der Waals surface area contributed by atoms with E-state index in [0.717, 1.165) is 17.4 Å². The van der Waals surface area contributed by atoms with Gasteiger partial charge in [0.25, 0.3) is 0 Å². The fourth-order valence-electron chi connectivity index (χ4n) is 1.67. The molecule has 0 bridgehead atoms. The van der Waals surface area contributed by atoms with E-state index in [2.05, 4.69) is 9.71 Å². The Labute approximate surface area is 125 Å². The number of carbonyl (C=O) groups is 1. The average molecular weight is 330 g/mol. The summed E-state index contributed by atoms with van der Waals surface area (Å²) in [7, 11) is -3.80. The van der Waals surface area contributed by atoms with Gasteiger partial charge in [-0.05, 0) is 13.0 Å². The van der Waals surface area contributed by atoms with Gasteiger partial charge in [-0.3, -0.25) is 0 Å². The van der Waals surface area contributed by atoms with E-state index in [1.165, 1.54) is 0 Å². The lowest BCUT2D eigenvalue weighted by Gasteiger charge is -2.03. The molecule has 2 N–H and O–H groups in total. The van der Waals surface area contributed by atoms with Gasteiger partial charge < -0.3 is 9.52 Å². The molecule has 9 heteroatoms. The van der Waals surface area contributed by atoms with Crippen LogP contribution in [0.1, 0.15) is 33.1 Å². The maximum absolute atomic E-state index is 12.2. The summed E-state index contributed by atoms with van der Waals surface area (Å²) in [5.41, 5.74) is 0. The lowest BCUT2D eigenvalue weighted by molar-refractivity contribution is 0.0702. The molecule has 0 aliphatic heterocycles. The molecule has 0 spiro atoms. The van der Waals surface area contributed by atoms with Crippen molar-refractivity contribution in [3.05, 3.63) is 33.7 Å². The molecule has 0 aliphatic carbocycles. The zero-order valence-corrected chi connectivity index (χ0v) is 13.0.